The average Bonchev–Trinajstić information content (AvgIpc) is 2.45. The van der Waals surface area contributed by atoms with Gasteiger partial charge in [-0.15, -0.1) is 0 Å². The predicted molar refractivity (Wildman–Crippen MR) is 89.0 cm³/mol. The molecule has 0 aliphatic carbocycles. The van der Waals surface area contributed by atoms with Gasteiger partial charge in [0, 0.05) is 5.54 Å². The van der Waals surface area contributed by atoms with Gasteiger partial charge in [-0.2, -0.15) is 0 Å². The van der Waals surface area contributed by atoms with Crippen LogP contribution >= 0.6 is 0 Å². The van der Waals surface area contributed by atoms with Crippen molar-refractivity contribution in [1.82, 2.24) is 10.6 Å². The van der Waals surface area contributed by atoms with Crippen LogP contribution in [0.2, 0.25) is 0 Å². The van der Waals surface area contributed by atoms with E-state index in [1.807, 2.05) is 6.92 Å². The van der Waals surface area contributed by atoms with Gasteiger partial charge in [0.1, 0.15) is 5.75 Å². The van der Waals surface area contributed by atoms with Gasteiger partial charge in [-0.1, -0.05) is 6.07 Å². The highest BCUT2D eigenvalue weighted by Crippen LogP contribution is 2.19. The van der Waals surface area contributed by atoms with Gasteiger partial charge in [-0.25, -0.2) is 9.59 Å². The Balaban J connectivity index is 2.66. The van der Waals surface area contributed by atoms with Crippen molar-refractivity contribution in [3.63, 3.8) is 0 Å². The summed E-state index contributed by atoms with van der Waals surface area (Å²) in [6.07, 6.45) is -1.12. The normalized spacial score (nSPS) is 12.1. The maximum Gasteiger partial charge on any atom is 0.339 e. The maximum atomic E-state index is 12.1. The fourth-order valence-electron chi connectivity index (χ4n) is 1.81. The lowest BCUT2D eigenvalue weighted by Crippen LogP contribution is -2.50. The zero-order chi connectivity index (χ0) is 18.5. The molecule has 1 aromatic rings. The molecule has 132 valence electrons. The lowest BCUT2D eigenvalue weighted by Gasteiger charge is -2.21. The monoisotopic (exact) mass is 336 g/mol. The third-order valence-electron chi connectivity index (χ3n) is 3.02. The van der Waals surface area contributed by atoms with Gasteiger partial charge in [0.2, 0.25) is 0 Å². The number of nitrogens with one attached hydrogen (secondary N) is 2. The number of hydrogen-bond donors (Lipinski definition) is 2. The molecular formula is C17H24N2O5. The first-order chi connectivity index (χ1) is 11.0. The number of urea groups is 1. The topological polar surface area (TPSA) is 93.7 Å². The lowest BCUT2D eigenvalue weighted by molar-refractivity contribution is -0.127. The quantitative estimate of drug-likeness (QED) is 0.822. The Morgan fingerprint density at radius 3 is 2.33 bits per heavy atom. The molecule has 0 aliphatic heterocycles. The summed E-state index contributed by atoms with van der Waals surface area (Å²) in [4.78, 5) is 35.7. The van der Waals surface area contributed by atoms with Crippen LogP contribution in [0.25, 0.3) is 0 Å². The maximum absolute atomic E-state index is 12.1. The smallest absolute Gasteiger partial charge is 0.339 e. The number of benzene rings is 1. The van der Waals surface area contributed by atoms with Crippen molar-refractivity contribution >= 4 is 17.9 Å². The second-order valence-corrected chi connectivity index (χ2v) is 6.43. The molecule has 0 fully saturated rings. The van der Waals surface area contributed by atoms with Crippen LogP contribution in [0.3, 0.4) is 0 Å². The summed E-state index contributed by atoms with van der Waals surface area (Å²) in [5.74, 6) is -0.831. The van der Waals surface area contributed by atoms with Gasteiger partial charge in [-0.05, 0) is 52.3 Å². The molecule has 2 N–H and O–H groups in total. The minimum Gasteiger partial charge on any atom is -0.496 e. The number of carbonyl (C=O) groups is 3. The van der Waals surface area contributed by atoms with Crippen LogP contribution in [0.4, 0.5) is 4.79 Å². The van der Waals surface area contributed by atoms with Crippen molar-refractivity contribution in [3.05, 3.63) is 29.3 Å². The van der Waals surface area contributed by atoms with Crippen LogP contribution in [0.5, 0.6) is 5.75 Å². The summed E-state index contributed by atoms with van der Waals surface area (Å²) < 4.78 is 10.2. The summed E-state index contributed by atoms with van der Waals surface area (Å²) in [6, 6.07) is 4.19. The molecular weight excluding hydrogens is 312 g/mol. The van der Waals surface area contributed by atoms with E-state index >= 15 is 0 Å². The summed E-state index contributed by atoms with van der Waals surface area (Å²) in [5.41, 5.74) is 0.651. The van der Waals surface area contributed by atoms with E-state index < -0.39 is 29.6 Å². The van der Waals surface area contributed by atoms with E-state index in [1.165, 1.54) is 20.1 Å². The number of aryl methyl sites for hydroxylation is 1. The Labute approximate surface area is 141 Å². The zero-order valence-electron chi connectivity index (χ0n) is 14.9. The van der Waals surface area contributed by atoms with Gasteiger partial charge >= 0.3 is 12.0 Å². The minimum atomic E-state index is -1.12. The number of ether oxygens (including phenoxy) is 2. The Kier molecular flexibility index (Phi) is 6.34. The number of methoxy groups -OCH3 is 1. The Bertz CT molecular complexity index is 634. The number of carbonyl (C=O) groups excluding carboxylic acids is 3. The molecule has 7 nitrogen and oxygen atoms in total. The molecule has 24 heavy (non-hydrogen) atoms. The standard InChI is InChI=1S/C17H24N2O5/c1-10-7-8-12(9-13(10)23-6)15(21)24-11(2)14(20)18-16(22)19-17(3,4)5/h7-9,11H,1-6H3,(H2,18,19,20,22)/t11-/m0/s1. The predicted octanol–water partition coefficient (Wildman–Crippen LogP) is 2.17. The van der Waals surface area contributed by atoms with Gasteiger partial charge < -0.3 is 14.8 Å². The lowest BCUT2D eigenvalue weighted by atomic mass is 10.1. The third-order valence-corrected chi connectivity index (χ3v) is 3.02. The molecule has 0 saturated carbocycles. The molecule has 0 spiro atoms. The highest BCUT2D eigenvalue weighted by atomic mass is 16.5. The number of rotatable bonds is 4. The minimum absolute atomic E-state index is 0.260. The van der Waals surface area contributed by atoms with E-state index in [0.717, 1.165) is 5.56 Å². The molecule has 0 saturated heterocycles. The molecule has 0 aliphatic rings. The van der Waals surface area contributed by atoms with Crippen LogP contribution < -0.4 is 15.4 Å². The van der Waals surface area contributed by atoms with Crippen LogP contribution in [0, 0.1) is 6.92 Å². The number of imide groups is 1. The molecule has 0 aromatic heterocycles. The first-order valence-electron chi connectivity index (χ1n) is 7.52. The highest BCUT2D eigenvalue weighted by molar-refractivity contribution is 5.98. The van der Waals surface area contributed by atoms with Crippen molar-refractivity contribution in [2.75, 3.05) is 7.11 Å². The van der Waals surface area contributed by atoms with Crippen molar-refractivity contribution in [2.45, 2.75) is 46.3 Å². The zero-order valence-corrected chi connectivity index (χ0v) is 14.9. The second kappa shape index (κ2) is 7.81. The van der Waals surface area contributed by atoms with Crippen molar-refractivity contribution in [3.8, 4) is 5.75 Å². The largest absolute Gasteiger partial charge is 0.496 e. The van der Waals surface area contributed by atoms with Crippen LogP contribution in [-0.2, 0) is 9.53 Å². The van der Waals surface area contributed by atoms with E-state index in [4.69, 9.17) is 9.47 Å². The van der Waals surface area contributed by atoms with Crippen LogP contribution in [0.1, 0.15) is 43.6 Å². The van der Waals surface area contributed by atoms with Crippen molar-refractivity contribution < 1.29 is 23.9 Å². The van der Waals surface area contributed by atoms with Crippen LogP contribution in [0.15, 0.2) is 18.2 Å². The summed E-state index contributed by atoms with van der Waals surface area (Å²) in [7, 11) is 1.50. The molecule has 0 heterocycles. The summed E-state index contributed by atoms with van der Waals surface area (Å²) in [6.45, 7) is 8.59. The molecule has 7 heteroatoms. The number of amides is 3. The van der Waals surface area contributed by atoms with E-state index in [9.17, 15) is 14.4 Å². The first kappa shape index (κ1) is 19.5. The summed E-state index contributed by atoms with van der Waals surface area (Å²) in [5, 5.41) is 4.72. The fraction of sp³-hybridized carbons (Fsp3) is 0.471. The van der Waals surface area contributed by atoms with Crippen molar-refractivity contribution in [2.24, 2.45) is 0 Å². The Morgan fingerprint density at radius 2 is 1.79 bits per heavy atom. The molecule has 0 radical (unpaired) electrons. The molecule has 0 bridgehead atoms. The van der Waals surface area contributed by atoms with Gasteiger partial charge in [0.15, 0.2) is 6.10 Å². The highest BCUT2D eigenvalue weighted by Gasteiger charge is 2.23. The molecule has 3 amide bonds. The second-order valence-electron chi connectivity index (χ2n) is 6.43. The van der Waals surface area contributed by atoms with Gasteiger partial charge in [-0.3, -0.25) is 10.1 Å². The first-order valence-corrected chi connectivity index (χ1v) is 7.52. The van der Waals surface area contributed by atoms with Gasteiger partial charge in [0.25, 0.3) is 5.91 Å². The molecule has 1 atom stereocenters. The number of esters is 1. The van der Waals surface area contributed by atoms with E-state index in [1.54, 1.807) is 32.9 Å². The molecule has 1 rings (SSSR count). The SMILES string of the molecule is COc1cc(C(=O)O[C@@H](C)C(=O)NC(=O)NC(C)(C)C)ccc1C. The van der Waals surface area contributed by atoms with Crippen molar-refractivity contribution in [1.29, 1.82) is 0 Å². The Morgan fingerprint density at radius 1 is 1.17 bits per heavy atom. The van der Waals surface area contributed by atoms with Gasteiger partial charge in [0.05, 0.1) is 12.7 Å². The number of hydrogen-bond acceptors (Lipinski definition) is 5. The van der Waals surface area contributed by atoms with E-state index in [0.29, 0.717) is 5.75 Å². The van der Waals surface area contributed by atoms with Crippen LogP contribution in [-0.4, -0.2) is 36.7 Å². The molecule has 1 aromatic carbocycles. The van der Waals surface area contributed by atoms with E-state index in [-0.39, 0.29) is 5.56 Å². The summed E-state index contributed by atoms with van der Waals surface area (Å²) >= 11 is 0. The average molecular weight is 336 g/mol. The fourth-order valence-corrected chi connectivity index (χ4v) is 1.81. The Hall–Kier alpha value is -2.57. The third kappa shape index (κ3) is 5.91. The molecule has 0 unspecified atom stereocenters. The van der Waals surface area contributed by atoms with E-state index in [2.05, 4.69) is 10.6 Å².